The third-order valence-corrected chi connectivity index (χ3v) is 10.8. The fourth-order valence-corrected chi connectivity index (χ4v) is 8.72. The van der Waals surface area contributed by atoms with E-state index in [-0.39, 0.29) is 29.1 Å². The van der Waals surface area contributed by atoms with Crippen molar-refractivity contribution in [1.82, 2.24) is 9.47 Å². The minimum Gasteiger partial charge on any atom is -0.378 e. The van der Waals surface area contributed by atoms with Gasteiger partial charge in [0.1, 0.15) is 11.8 Å². The Labute approximate surface area is 245 Å². The number of aromatic nitrogens is 1. The minimum atomic E-state index is -0.723. The second-order valence-corrected chi connectivity index (χ2v) is 13.1. The first-order chi connectivity index (χ1) is 19.2. The lowest BCUT2D eigenvalue weighted by Crippen LogP contribution is -2.39. The van der Waals surface area contributed by atoms with Crippen LogP contribution in [0, 0.1) is 5.92 Å². The third kappa shape index (κ3) is 4.65. The molecule has 2 aromatic carbocycles. The Bertz CT molecular complexity index is 1530. The lowest BCUT2D eigenvalue weighted by atomic mass is 9.83. The van der Waals surface area contributed by atoms with Crippen LogP contribution in [0.15, 0.2) is 58.4 Å². The lowest BCUT2D eigenvalue weighted by Gasteiger charge is -2.31. The average molecular weight is 597 g/mol. The molecule has 3 aliphatic heterocycles. The molecule has 3 amide bonds. The maximum absolute atomic E-state index is 14.0. The zero-order valence-electron chi connectivity index (χ0n) is 22.2. The summed E-state index contributed by atoms with van der Waals surface area (Å²) in [6.07, 6.45) is 3.02. The van der Waals surface area contributed by atoms with E-state index in [9.17, 15) is 19.2 Å². The van der Waals surface area contributed by atoms with Crippen molar-refractivity contribution >= 4 is 63.8 Å². The second-order valence-electron chi connectivity index (χ2n) is 10.6. The normalized spacial score (nSPS) is 22.3. The van der Waals surface area contributed by atoms with E-state index < -0.39 is 17.1 Å². The van der Waals surface area contributed by atoms with E-state index in [1.165, 1.54) is 21.2 Å². The van der Waals surface area contributed by atoms with Crippen molar-refractivity contribution in [2.75, 3.05) is 37.0 Å². The molecule has 3 aliphatic rings. The van der Waals surface area contributed by atoms with Crippen LogP contribution in [0.3, 0.4) is 0 Å². The quantitative estimate of drug-likeness (QED) is 0.405. The van der Waals surface area contributed by atoms with Crippen molar-refractivity contribution in [3.8, 4) is 0 Å². The predicted molar refractivity (Wildman–Crippen MR) is 159 cm³/mol. The number of halogens is 1. The largest absolute Gasteiger partial charge is 0.378 e. The highest BCUT2D eigenvalue weighted by Crippen LogP contribution is 2.54. The van der Waals surface area contributed by atoms with Crippen molar-refractivity contribution in [3.05, 3.63) is 73.7 Å². The molecule has 11 heteroatoms. The molecule has 2 fully saturated rings. The molecule has 0 unspecified atom stereocenters. The van der Waals surface area contributed by atoms with Gasteiger partial charge >= 0.3 is 4.87 Å². The summed E-state index contributed by atoms with van der Waals surface area (Å²) in [5, 5.41) is 0.403. The van der Waals surface area contributed by atoms with Gasteiger partial charge in [-0.3, -0.25) is 23.7 Å². The van der Waals surface area contributed by atoms with E-state index in [4.69, 9.17) is 11.6 Å². The molecule has 3 aromatic rings. The number of carbonyl (C=O) groups is 3. The number of thiazole rings is 1. The molecule has 0 radical (unpaired) electrons. The molecule has 0 bridgehead atoms. The van der Waals surface area contributed by atoms with E-state index in [1.54, 1.807) is 24.3 Å². The van der Waals surface area contributed by atoms with Crippen LogP contribution in [-0.2, 0) is 20.9 Å². The van der Waals surface area contributed by atoms with Crippen LogP contribution < -0.4 is 14.7 Å². The number of piperidine rings is 1. The van der Waals surface area contributed by atoms with E-state index >= 15 is 0 Å². The van der Waals surface area contributed by atoms with E-state index in [0.717, 1.165) is 46.7 Å². The second kappa shape index (κ2) is 10.7. The number of thioether (sulfide) groups is 1. The highest BCUT2D eigenvalue weighted by atomic mass is 35.5. The number of rotatable bonds is 5. The molecular formula is C29H29ClN4O4S2. The highest BCUT2D eigenvalue weighted by molar-refractivity contribution is 8.00. The molecule has 0 N–H and O–H groups in total. The molecule has 4 heterocycles. The van der Waals surface area contributed by atoms with Crippen molar-refractivity contribution in [3.63, 3.8) is 0 Å². The maximum atomic E-state index is 14.0. The van der Waals surface area contributed by atoms with E-state index in [2.05, 4.69) is 0 Å². The number of benzene rings is 2. The molecule has 1 aromatic heterocycles. The molecule has 0 saturated carbocycles. The van der Waals surface area contributed by atoms with Gasteiger partial charge in [-0.05, 0) is 61.2 Å². The Morgan fingerprint density at radius 2 is 1.62 bits per heavy atom. The Morgan fingerprint density at radius 3 is 2.27 bits per heavy atom. The summed E-state index contributed by atoms with van der Waals surface area (Å²) in [6, 6.07) is 14.5. The van der Waals surface area contributed by atoms with Crippen LogP contribution in [-0.4, -0.2) is 59.6 Å². The zero-order chi connectivity index (χ0) is 28.1. The number of likely N-dealkylation sites (tertiary alicyclic amines) is 1. The van der Waals surface area contributed by atoms with Gasteiger partial charge in [-0.25, -0.2) is 4.90 Å². The minimum absolute atomic E-state index is 0.0651. The van der Waals surface area contributed by atoms with Crippen LogP contribution in [0.4, 0.5) is 11.4 Å². The molecule has 0 spiro atoms. The molecule has 6 rings (SSSR count). The first-order valence-corrected chi connectivity index (χ1v) is 15.4. The van der Waals surface area contributed by atoms with Crippen molar-refractivity contribution in [2.24, 2.45) is 5.92 Å². The molecule has 40 heavy (non-hydrogen) atoms. The summed E-state index contributed by atoms with van der Waals surface area (Å²) in [5.74, 6) is -1.89. The van der Waals surface area contributed by atoms with Crippen LogP contribution >= 0.6 is 34.7 Å². The van der Waals surface area contributed by atoms with Crippen LogP contribution in [0.1, 0.15) is 35.6 Å². The Hall–Kier alpha value is -3.08. The average Bonchev–Trinajstić information content (AvgIpc) is 3.40. The van der Waals surface area contributed by atoms with Gasteiger partial charge in [0.2, 0.25) is 17.7 Å². The number of nitrogens with zero attached hydrogens (tertiary/aromatic N) is 4. The standard InChI is InChI=1S/C29H29ClN4O4S2/c1-31(2)19-10-6-17(7-11-19)22-23-24(27(37)34(26(23)36)20-12-8-18(30)9-13-20)39-28-25(22)40-29(38)33(28)16-21(35)32-14-4-3-5-15-32/h6-13,22-24H,3-5,14-16H2,1-2H3/t22-,23-,24+/m0/s1. The number of anilines is 2. The zero-order valence-corrected chi connectivity index (χ0v) is 24.6. The summed E-state index contributed by atoms with van der Waals surface area (Å²) < 4.78 is 1.52. The Balaban J connectivity index is 1.43. The molecule has 2 saturated heterocycles. The van der Waals surface area contributed by atoms with Gasteiger partial charge in [-0.2, -0.15) is 0 Å². The SMILES string of the molecule is CN(C)c1ccc([C@@H]2c3sc(=O)n(CC(=O)N4CCCCC4)c3S[C@H]3C(=O)N(c4ccc(Cl)cc4)C(=O)[C@@H]23)cc1. The van der Waals surface area contributed by atoms with Gasteiger partial charge in [0.15, 0.2) is 0 Å². The Kier molecular flexibility index (Phi) is 7.27. The van der Waals surface area contributed by atoms with E-state index in [1.807, 2.05) is 48.2 Å². The molecular weight excluding hydrogens is 568 g/mol. The first-order valence-electron chi connectivity index (χ1n) is 13.3. The summed E-state index contributed by atoms with van der Waals surface area (Å²) in [4.78, 5) is 59.9. The van der Waals surface area contributed by atoms with Crippen LogP contribution in [0.25, 0.3) is 0 Å². The first kappa shape index (κ1) is 27.1. The number of amides is 3. The maximum Gasteiger partial charge on any atom is 0.308 e. The van der Waals surface area contributed by atoms with Gasteiger partial charge in [-0.15, -0.1) is 0 Å². The third-order valence-electron chi connectivity index (χ3n) is 7.90. The Morgan fingerprint density at radius 1 is 0.950 bits per heavy atom. The monoisotopic (exact) mass is 596 g/mol. The molecule has 3 atom stereocenters. The number of hydrogen-bond acceptors (Lipinski definition) is 7. The molecule has 208 valence electrons. The summed E-state index contributed by atoms with van der Waals surface area (Å²) >= 11 is 8.39. The molecule has 8 nitrogen and oxygen atoms in total. The number of carbonyl (C=O) groups excluding carboxylic acids is 3. The van der Waals surface area contributed by atoms with Crippen LogP contribution in [0.2, 0.25) is 5.02 Å². The number of fused-ring (bicyclic) bond motifs is 2. The van der Waals surface area contributed by atoms with Gasteiger partial charge < -0.3 is 9.80 Å². The number of imide groups is 1. The van der Waals surface area contributed by atoms with E-state index in [0.29, 0.717) is 28.8 Å². The summed E-state index contributed by atoms with van der Waals surface area (Å²) in [7, 11) is 3.91. The number of hydrogen-bond donors (Lipinski definition) is 0. The van der Waals surface area contributed by atoms with Crippen LogP contribution in [0.5, 0.6) is 0 Å². The van der Waals surface area contributed by atoms with Gasteiger partial charge in [0.05, 0.1) is 16.6 Å². The summed E-state index contributed by atoms with van der Waals surface area (Å²) in [5.41, 5.74) is 2.33. The smallest absolute Gasteiger partial charge is 0.308 e. The fourth-order valence-electron chi connectivity index (χ4n) is 5.82. The van der Waals surface area contributed by atoms with Crippen molar-refractivity contribution in [1.29, 1.82) is 0 Å². The highest BCUT2D eigenvalue weighted by Gasteiger charge is 2.56. The topological polar surface area (TPSA) is 82.9 Å². The fraction of sp³-hybridized carbons (Fsp3) is 0.379. The van der Waals surface area contributed by atoms with Gasteiger partial charge in [0, 0.05) is 48.7 Å². The van der Waals surface area contributed by atoms with Crippen molar-refractivity contribution < 1.29 is 14.4 Å². The summed E-state index contributed by atoms with van der Waals surface area (Å²) in [6.45, 7) is 1.33. The predicted octanol–water partition coefficient (Wildman–Crippen LogP) is 4.44. The van der Waals surface area contributed by atoms with Crippen molar-refractivity contribution in [2.45, 2.75) is 42.0 Å². The van der Waals surface area contributed by atoms with Gasteiger partial charge in [-0.1, -0.05) is 46.8 Å². The van der Waals surface area contributed by atoms with Gasteiger partial charge in [0.25, 0.3) is 0 Å². The lowest BCUT2D eigenvalue weighted by molar-refractivity contribution is -0.133. The molecule has 0 aliphatic carbocycles.